The van der Waals surface area contributed by atoms with Gasteiger partial charge in [0, 0.05) is 71.4 Å². The number of benzene rings is 6. The van der Waals surface area contributed by atoms with E-state index < -0.39 is 0 Å². The Bertz CT molecular complexity index is 2160. The van der Waals surface area contributed by atoms with Crippen LogP contribution in [-0.2, 0) is 0 Å². The second-order valence-electron chi connectivity index (χ2n) is 14.2. The van der Waals surface area contributed by atoms with Gasteiger partial charge in [-0.3, -0.25) is 9.80 Å². The highest BCUT2D eigenvalue weighted by Gasteiger charge is 2.35. The lowest BCUT2D eigenvalue weighted by Crippen LogP contribution is -2.46. The molecule has 0 atom stereocenters. The van der Waals surface area contributed by atoms with Gasteiger partial charge in [-0.25, -0.2) is 9.98 Å². The number of aliphatic imine (C=N–C) groups is 2. The molecule has 60 heavy (non-hydrogen) atoms. The molecule has 0 aliphatic carbocycles. The van der Waals surface area contributed by atoms with E-state index in [0.717, 1.165) is 90.6 Å². The zero-order valence-electron chi connectivity index (χ0n) is 34.7. The summed E-state index contributed by atoms with van der Waals surface area (Å²) in [5.41, 5.74) is 8.25. The van der Waals surface area contributed by atoms with Gasteiger partial charge in [0.2, 0.25) is 0 Å². The van der Waals surface area contributed by atoms with Crippen LogP contribution in [0, 0.1) is 13.8 Å². The van der Waals surface area contributed by atoms with E-state index in [1.165, 1.54) is 11.1 Å². The molecule has 6 aromatic rings. The minimum atomic E-state index is 0.877. The van der Waals surface area contributed by atoms with Gasteiger partial charge in [-0.05, 0) is 86.6 Å². The Morgan fingerprint density at radius 3 is 1.07 bits per heavy atom. The summed E-state index contributed by atoms with van der Waals surface area (Å²) >= 11 is 7.64. The number of para-hydroxylation sites is 4. The number of nitrogens with zero attached hydrogens (tertiary/aromatic N) is 6. The summed E-state index contributed by atoms with van der Waals surface area (Å²) in [5, 5.41) is 1.75. The predicted molar refractivity (Wildman–Crippen MR) is 271 cm³/mol. The van der Waals surface area contributed by atoms with Crippen LogP contribution in [0.15, 0.2) is 191 Å². The lowest BCUT2D eigenvalue weighted by atomic mass is 10.2. The largest absolute Gasteiger partial charge is 0.327 e. The molecule has 0 fully saturated rings. The Balaban J connectivity index is 1.65. The molecule has 6 aromatic carbocycles. The second kappa shape index (κ2) is 22.0. The van der Waals surface area contributed by atoms with Crippen LogP contribution in [0.2, 0.25) is 0 Å². The van der Waals surface area contributed by atoms with Gasteiger partial charge in [0.15, 0.2) is 22.0 Å². The Morgan fingerprint density at radius 2 is 0.717 bits per heavy atom. The Hall–Kier alpha value is -5.00. The Labute approximate surface area is 373 Å². The van der Waals surface area contributed by atoms with Crippen molar-refractivity contribution in [2.45, 2.75) is 13.8 Å². The molecular formula is C50H52N6S4. The Morgan fingerprint density at radius 1 is 0.400 bits per heavy atom. The van der Waals surface area contributed by atoms with Gasteiger partial charge in [-0.15, -0.1) is 0 Å². The topological polar surface area (TPSA) is 37.7 Å². The maximum Gasteiger partial charge on any atom is 0.174 e. The summed E-state index contributed by atoms with van der Waals surface area (Å²) in [6.07, 6.45) is 0. The van der Waals surface area contributed by atoms with Crippen molar-refractivity contribution in [1.82, 2.24) is 0 Å². The highest BCUT2D eigenvalue weighted by molar-refractivity contribution is 8.15. The van der Waals surface area contributed by atoms with Crippen molar-refractivity contribution >= 4 is 91.5 Å². The van der Waals surface area contributed by atoms with Gasteiger partial charge in [0.05, 0.1) is 11.4 Å². The third-order valence-electron chi connectivity index (χ3n) is 9.76. The summed E-state index contributed by atoms with van der Waals surface area (Å²) in [5.74, 6) is 7.87. The van der Waals surface area contributed by atoms with Crippen LogP contribution in [0.25, 0.3) is 0 Å². The second-order valence-corrected chi connectivity index (χ2v) is 18.7. The lowest BCUT2D eigenvalue weighted by molar-refractivity contribution is 0.924. The summed E-state index contributed by atoms with van der Waals surface area (Å²) in [4.78, 5) is 20.5. The zero-order chi connectivity index (χ0) is 41.5. The number of amidine groups is 2. The van der Waals surface area contributed by atoms with Crippen LogP contribution in [0.1, 0.15) is 11.1 Å². The van der Waals surface area contributed by atoms with Crippen molar-refractivity contribution in [2.24, 2.45) is 9.98 Å². The molecule has 1 heterocycles. The first-order valence-corrected chi connectivity index (χ1v) is 24.5. The fourth-order valence-electron chi connectivity index (χ4n) is 6.61. The zero-order valence-corrected chi connectivity index (χ0v) is 38.0. The molecule has 306 valence electrons. The average molecular weight is 865 g/mol. The number of rotatable bonds is 8. The maximum absolute atomic E-state index is 5.55. The van der Waals surface area contributed by atoms with Gasteiger partial charge in [-0.2, -0.15) is 23.5 Å². The molecule has 0 radical (unpaired) electrons. The molecule has 0 N–H and O–H groups in total. The predicted octanol–water partition coefficient (Wildman–Crippen LogP) is 13.3. The minimum absolute atomic E-state index is 0.877. The quantitative estimate of drug-likeness (QED) is 0.150. The molecule has 1 aliphatic heterocycles. The molecule has 0 aromatic heterocycles. The summed E-state index contributed by atoms with van der Waals surface area (Å²) in [6.45, 7) is 4.29. The number of aryl methyl sites for hydroxylation is 2. The first-order valence-electron chi connectivity index (χ1n) is 20.2. The van der Waals surface area contributed by atoms with Gasteiger partial charge in [0.25, 0.3) is 0 Å². The van der Waals surface area contributed by atoms with Crippen LogP contribution < -0.4 is 19.6 Å². The van der Waals surface area contributed by atoms with E-state index >= 15 is 0 Å². The molecule has 0 saturated heterocycles. The van der Waals surface area contributed by atoms with E-state index in [1.807, 2.05) is 23.5 Å². The monoisotopic (exact) mass is 864 g/mol. The summed E-state index contributed by atoms with van der Waals surface area (Å²) in [6, 6.07) is 59.7. The van der Waals surface area contributed by atoms with E-state index in [9.17, 15) is 0 Å². The van der Waals surface area contributed by atoms with E-state index in [2.05, 4.69) is 217 Å². The third kappa shape index (κ3) is 11.4. The maximum atomic E-state index is 5.55. The number of hydrogen-bond donors (Lipinski definition) is 0. The fraction of sp³-hybridized carbons (Fsp3) is 0.200. The van der Waals surface area contributed by atoms with Crippen molar-refractivity contribution in [3.8, 4) is 0 Å². The molecule has 7 rings (SSSR count). The van der Waals surface area contributed by atoms with Crippen molar-refractivity contribution in [3.05, 3.63) is 193 Å². The normalized spacial score (nSPS) is 17.5. The minimum Gasteiger partial charge on any atom is -0.327 e. The lowest BCUT2D eigenvalue weighted by Gasteiger charge is -2.42. The highest BCUT2D eigenvalue weighted by atomic mass is 32.2. The number of hydrogen-bond acceptors (Lipinski definition) is 8. The molecular weight excluding hydrogens is 813 g/mol. The van der Waals surface area contributed by atoms with Gasteiger partial charge >= 0.3 is 0 Å². The van der Waals surface area contributed by atoms with E-state index in [-0.39, 0.29) is 0 Å². The van der Waals surface area contributed by atoms with Crippen LogP contribution in [0.5, 0.6) is 0 Å². The molecule has 0 saturated carbocycles. The first-order chi connectivity index (χ1) is 29.5. The van der Waals surface area contributed by atoms with Crippen LogP contribution in [0.3, 0.4) is 0 Å². The van der Waals surface area contributed by atoms with Crippen molar-refractivity contribution < 1.29 is 0 Å². The molecule has 10 heteroatoms. The standard InChI is InChI=1S/C50H52N6S4/c1-39-25-29-45(30-26-39)55-47(53(3)43-21-13-7-14-22-43)48(54(4)44-23-15-8-16-24-44)56(46-31-27-40(2)28-32-46)50(52-42-19-11-6-12-20-42)60-38-36-58-34-33-57-35-37-59-49(55)51-41-17-9-5-10-18-41/h5-32H,33-38H2,1-4H3/b48-47-,51-49?,52-50?. The third-order valence-corrected chi connectivity index (χ3v) is 14.4. The molecule has 0 unspecified atom stereocenters. The molecule has 1 aliphatic rings. The fourth-order valence-corrected chi connectivity index (χ4v) is 10.9. The first kappa shape index (κ1) is 43.1. The van der Waals surface area contributed by atoms with Crippen LogP contribution in [-0.4, -0.2) is 58.9 Å². The van der Waals surface area contributed by atoms with Gasteiger partial charge in [0.1, 0.15) is 0 Å². The van der Waals surface area contributed by atoms with Crippen molar-refractivity contribution in [2.75, 3.05) is 68.2 Å². The summed E-state index contributed by atoms with van der Waals surface area (Å²) < 4.78 is 0. The average Bonchev–Trinajstić information content (AvgIpc) is 3.29. The van der Waals surface area contributed by atoms with E-state index in [1.54, 1.807) is 23.5 Å². The van der Waals surface area contributed by atoms with E-state index in [0.29, 0.717) is 0 Å². The van der Waals surface area contributed by atoms with Gasteiger partial charge in [-0.1, -0.05) is 132 Å². The smallest absolute Gasteiger partial charge is 0.174 e. The Kier molecular flexibility index (Phi) is 15.8. The summed E-state index contributed by atoms with van der Waals surface area (Å²) in [7, 11) is 4.35. The number of thioether (sulfide) groups is 4. The highest BCUT2D eigenvalue weighted by Crippen LogP contribution is 2.39. The molecule has 0 amide bonds. The molecule has 0 bridgehead atoms. The van der Waals surface area contributed by atoms with Crippen molar-refractivity contribution in [3.63, 3.8) is 0 Å². The molecule has 6 nitrogen and oxygen atoms in total. The SMILES string of the molecule is Cc1ccc(N2C(=Nc3ccccc3)SCCSCCSCCSC(=Nc3ccccc3)N(c3ccc(C)cc3)/C(N(C)c3ccccc3)=C\2N(C)c2ccccc2)cc1. The van der Waals surface area contributed by atoms with Crippen molar-refractivity contribution in [1.29, 1.82) is 0 Å². The van der Waals surface area contributed by atoms with Gasteiger partial charge < -0.3 is 9.80 Å². The number of anilines is 4. The van der Waals surface area contributed by atoms with Crippen LogP contribution >= 0.6 is 47.0 Å². The molecule has 0 spiro atoms. The van der Waals surface area contributed by atoms with Crippen LogP contribution in [0.4, 0.5) is 34.1 Å². The van der Waals surface area contributed by atoms with E-state index in [4.69, 9.17) is 9.98 Å².